The molecule has 3 heterocycles. The summed E-state index contributed by atoms with van der Waals surface area (Å²) in [5, 5.41) is 7.82. The molecular formula is C15H22N6O. The zero-order valence-corrected chi connectivity index (χ0v) is 13.1. The number of carbonyl (C=O) groups excluding carboxylic acids is 1. The van der Waals surface area contributed by atoms with Crippen LogP contribution in [0.4, 0.5) is 5.82 Å². The number of rotatable bonds is 4. The lowest BCUT2D eigenvalue weighted by atomic mass is 10.0. The standard InChI is InChI=1S/C15H22N6O/c1-3-11(4-2)15(22)21-7-5-20(6-8-21)14-12-9-18-19-13(12)16-10-17-14/h9-11H,3-8H2,1-2H3,(H,16,17,18,19). The number of hydrogen-bond donors (Lipinski definition) is 1. The maximum absolute atomic E-state index is 12.4. The Morgan fingerprint density at radius 2 is 1.95 bits per heavy atom. The summed E-state index contributed by atoms with van der Waals surface area (Å²) in [5.41, 5.74) is 0.750. The van der Waals surface area contributed by atoms with E-state index in [-0.39, 0.29) is 5.92 Å². The van der Waals surface area contributed by atoms with Crippen LogP contribution in [-0.4, -0.2) is 57.2 Å². The van der Waals surface area contributed by atoms with Gasteiger partial charge >= 0.3 is 0 Å². The molecule has 0 aliphatic carbocycles. The normalized spacial score (nSPS) is 15.8. The molecule has 1 aliphatic heterocycles. The van der Waals surface area contributed by atoms with E-state index in [1.807, 2.05) is 4.90 Å². The van der Waals surface area contributed by atoms with Gasteiger partial charge in [-0.2, -0.15) is 5.10 Å². The summed E-state index contributed by atoms with van der Waals surface area (Å²) in [6.45, 7) is 7.25. The van der Waals surface area contributed by atoms with Crippen molar-refractivity contribution in [3.63, 3.8) is 0 Å². The first kappa shape index (κ1) is 14.7. The molecule has 0 saturated carbocycles. The van der Waals surface area contributed by atoms with Crippen LogP contribution in [0.15, 0.2) is 12.5 Å². The van der Waals surface area contributed by atoms with E-state index in [1.54, 1.807) is 12.5 Å². The second kappa shape index (κ2) is 6.29. The highest BCUT2D eigenvalue weighted by Gasteiger charge is 2.26. The van der Waals surface area contributed by atoms with E-state index in [4.69, 9.17) is 0 Å². The number of H-pyrrole nitrogens is 1. The van der Waals surface area contributed by atoms with Gasteiger partial charge in [-0.3, -0.25) is 9.89 Å². The minimum absolute atomic E-state index is 0.159. The fraction of sp³-hybridized carbons (Fsp3) is 0.600. The van der Waals surface area contributed by atoms with E-state index in [9.17, 15) is 4.79 Å². The molecule has 0 aromatic carbocycles. The number of piperazine rings is 1. The SMILES string of the molecule is CCC(CC)C(=O)N1CCN(c2ncnc3[nH]ncc23)CC1. The maximum atomic E-state index is 12.4. The Hall–Kier alpha value is -2.18. The molecule has 0 unspecified atom stereocenters. The van der Waals surface area contributed by atoms with Crippen molar-refractivity contribution in [2.24, 2.45) is 5.92 Å². The Morgan fingerprint density at radius 3 is 2.64 bits per heavy atom. The Kier molecular flexibility index (Phi) is 4.22. The Labute approximate surface area is 129 Å². The molecule has 1 saturated heterocycles. The highest BCUT2D eigenvalue weighted by atomic mass is 16.2. The predicted molar refractivity (Wildman–Crippen MR) is 84.5 cm³/mol. The minimum atomic E-state index is 0.159. The van der Waals surface area contributed by atoms with Crippen molar-refractivity contribution in [3.05, 3.63) is 12.5 Å². The fourth-order valence-electron chi connectivity index (χ4n) is 3.04. The maximum Gasteiger partial charge on any atom is 0.225 e. The fourth-order valence-corrected chi connectivity index (χ4v) is 3.04. The Bertz CT molecular complexity index is 642. The van der Waals surface area contributed by atoms with Crippen LogP contribution in [0, 0.1) is 5.92 Å². The Morgan fingerprint density at radius 1 is 1.23 bits per heavy atom. The van der Waals surface area contributed by atoms with Gasteiger partial charge in [0.2, 0.25) is 5.91 Å². The molecule has 1 N–H and O–H groups in total. The van der Waals surface area contributed by atoms with Gasteiger partial charge in [0.1, 0.15) is 12.1 Å². The summed E-state index contributed by atoms with van der Waals surface area (Å²) in [6, 6.07) is 0. The number of amides is 1. The van der Waals surface area contributed by atoms with E-state index in [2.05, 4.69) is 38.9 Å². The molecule has 1 amide bonds. The zero-order valence-electron chi connectivity index (χ0n) is 13.1. The van der Waals surface area contributed by atoms with Crippen molar-refractivity contribution in [2.45, 2.75) is 26.7 Å². The van der Waals surface area contributed by atoms with Gasteiger partial charge in [0, 0.05) is 32.1 Å². The number of anilines is 1. The van der Waals surface area contributed by atoms with Gasteiger partial charge in [0.05, 0.1) is 11.6 Å². The molecule has 22 heavy (non-hydrogen) atoms. The smallest absolute Gasteiger partial charge is 0.225 e. The Balaban J connectivity index is 1.69. The second-order valence-corrected chi connectivity index (χ2v) is 5.66. The van der Waals surface area contributed by atoms with Crippen LogP contribution in [0.25, 0.3) is 11.0 Å². The number of carbonyl (C=O) groups is 1. The monoisotopic (exact) mass is 302 g/mol. The van der Waals surface area contributed by atoms with E-state index < -0.39 is 0 Å². The molecule has 1 fully saturated rings. The topological polar surface area (TPSA) is 78.0 Å². The molecule has 7 heteroatoms. The summed E-state index contributed by atoms with van der Waals surface area (Å²) < 4.78 is 0. The number of nitrogens with one attached hydrogen (secondary N) is 1. The highest BCUT2D eigenvalue weighted by molar-refractivity contribution is 5.86. The van der Waals surface area contributed by atoms with Gasteiger partial charge in [0.15, 0.2) is 5.65 Å². The molecule has 1 aliphatic rings. The van der Waals surface area contributed by atoms with Crippen LogP contribution in [0.3, 0.4) is 0 Å². The molecule has 0 atom stereocenters. The molecule has 2 aromatic heterocycles. The zero-order chi connectivity index (χ0) is 15.5. The summed E-state index contributed by atoms with van der Waals surface area (Å²) in [7, 11) is 0. The van der Waals surface area contributed by atoms with E-state index in [0.29, 0.717) is 5.91 Å². The third-order valence-corrected chi connectivity index (χ3v) is 4.45. The van der Waals surface area contributed by atoms with Crippen molar-refractivity contribution in [1.29, 1.82) is 0 Å². The van der Waals surface area contributed by atoms with Crippen LogP contribution < -0.4 is 4.90 Å². The van der Waals surface area contributed by atoms with Gasteiger partial charge in [-0.15, -0.1) is 0 Å². The van der Waals surface area contributed by atoms with Crippen LogP contribution in [0.5, 0.6) is 0 Å². The molecule has 3 rings (SSSR count). The van der Waals surface area contributed by atoms with Gasteiger partial charge < -0.3 is 9.80 Å². The average molecular weight is 302 g/mol. The largest absolute Gasteiger partial charge is 0.352 e. The van der Waals surface area contributed by atoms with E-state index in [1.165, 1.54) is 0 Å². The van der Waals surface area contributed by atoms with E-state index in [0.717, 1.165) is 55.9 Å². The summed E-state index contributed by atoms with van der Waals surface area (Å²) >= 11 is 0. The van der Waals surface area contributed by atoms with Crippen molar-refractivity contribution in [3.8, 4) is 0 Å². The number of hydrogen-bond acceptors (Lipinski definition) is 5. The lowest BCUT2D eigenvalue weighted by Crippen LogP contribution is -2.50. The van der Waals surface area contributed by atoms with Crippen molar-refractivity contribution < 1.29 is 4.79 Å². The molecule has 0 spiro atoms. The number of aromatic nitrogens is 4. The van der Waals surface area contributed by atoms with E-state index >= 15 is 0 Å². The number of nitrogens with zero attached hydrogens (tertiary/aromatic N) is 5. The van der Waals surface area contributed by atoms with Crippen molar-refractivity contribution >= 4 is 22.8 Å². The van der Waals surface area contributed by atoms with Crippen LogP contribution >= 0.6 is 0 Å². The van der Waals surface area contributed by atoms with Gasteiger partial charge in [0.25, 0.3) is 0 Å². The molecule has 118 valence electrons. The first-order valence-electron chi connectivity index (χ1n) is 7.92. The third kappa shape index (κ3) is 2.63. The minimum Gasteiger partial charge on any atom is -0.352 e. The molecule has 0 bridgehead atoms. The first-order valence-corrected chi connectivity index (χ1v) is 7.92. The predicted octanol–water partition coefficient (Wildman–Crippen LogP) is 1.44. The molecule has 0 radical (unpaired) electrons. The van der Waals surface area contributed by atoms with Crippen LogP contribution in [-0.2, 0) is 4.79 Å². The third-order valence-electron chi connectivity index (χ3n) is 4.45. The summed E-state index contributed by atoms with van der Waals surface area (Å²) in [4.78, 5) is 25.2. The summed E-state index contributed by atoms with van der Waals surface area (Å²) in [6.07, 6.45) is 5.14. The van der Waals surface area contributed by atoms with Crippen LogP contribution in [0.2, 0.25) is 0 Å². The average Bonchev–Trinajstić information content (AvgIpc) is 3.04. The van der Waals surface area contributed by atoms with Crippen molar-refractivity contribution in [2.75, 3.05) is 31.1 Å². The van der Waals surface area contributed by atoms with Gasteiger partial charge in [-0.25, -0.2) is 9.97 Å². The molecular weight excluding hydrogens is 280 g/mol. The number of fused-ring (bicyclic) bond motifs is 1. The first-order chi connectivity index (χ1) is 10.7. The molecule has 7 nitrogen and oxygen atoms in total. The quantitative estimate of drug-likeness (QED) is 0.924. The van der Waals surface area contributed by atoms with Crippen LogP contribution in [0.1, 0.15) is 26.7 Å². The lowest BCUT2D eigenvalue weighted by Gasteiger charge is -2.37. The molecule has 2 aromatic rings. The lowest BCUT2D eigenvalue weighted by molar-refractivity contribution is -0.136. The summed E-state index contributed by atoms with van der Waals surface area (Å²) in [5.74, 6) is 1.35. The highest BCUT2D eigenvalue weighted by Crippen LogP contribution is 2.23. The van der Waals surface area contributed by atoms with Gasteiger partial charge in [-0.1, -0.05) is 13.8 Å². The van der Waals surface area contributed by atoms with Gasteiger partial charge in [-0.05, 0) is 12.8 Å². The van der Waals surface area contributed by atoms with Crippen molar-refractivity contribution in [1.82, 2.24) is 25.1 Å². The second-order valence-electron chi connectivity index (χ2n) is 5.66. The number of aromatic amines is 1.